The van der Waals surface area contributed by atoms with Crippen LogP contribution >= 0.6 is 0 Å². The van der Waals surface area contributed by atoms with Crippen molar-refractivity contribution in [3.05, 3.63) is 58.7 Å². The molecule has 1 aliphatic rings. The van der Waals surface area contributed by atoms with Gasteiger partial charge in [0.2, 0.25) is 0 Å². The van der Waals surface area contributed by atoms with Crippen LogP contribution in [0, 0.1) is 22.9 Å². The van der Waals surface area contributed by atoms with Crippen molar-refractivity contribution in [2.75, 3.05) is 0 Å². The Hall–Kier alpha value is -2.01. The lowest BCUT2D eigenvalue weighted by Gasteiger charge is -2.29. The molecule has 0 saturated carbocycles. The molecule has 43 heavy (non-hydrogen) atoms. The van der Waals surface area contributed by atoms with Crippen LogP contribution in [0.15, 0.2) is 36.4 Å². The molecule has 0 amide bonds. The maximum absolute atomic E-state index is 3.78. The van der Waals surface area contributed by atoms with Crippen LogP contribution in [-0.4, -0.2) is 16.1 Å². The van der Waals surface area contributed by atoms with Crippen molar-refractivity contribution >= 4 is 16.1 Å². The number of hydrogen-bond acceptors (Lipinski definition) is 0. The summed E-state index contributed by atoms with van der Waals surface area (Å²) < 4.78 is 0. The number of rotatable bonds is 16. The predicted molar refractivity (Wildman–Crippen MR) is 198 cm³/mol. The van der Waals surface area contributed by atoms with Crippen molar-refractivity contribution in [1.29, 1.82) is 0 Å². The quantitative estimate of drug-likeness (QED) is 0.101. The molecule has 0 nitrogen and oxygen atoms in total. The molecule has 0 N–H and O–H groups in total. The second-order valence-corrected chi connectivity index (χ2v) is 24.8. The largest absolute Gasteiger partial charge is 0.132 e. The molecule has 2 aromatic rings. The fourth-order valence-corrected chi connectivity index (χ4v) is 7.72. The lowest BCUT2D eigenvalue weighted by molar-refractivity contribution is 0.557. The first-order valence-electron chi connectivity index (χ1n) is 17.8. The van der Waals surface area contributed by atoms with Gasteiger partial charge in [-0.15, -0.1) is 22.9 Å². The molecule has 234 valence electrons. The predicted octanol–water partition coefficient (Wildman–Crippen LogP) is 12.3. The van der Waals surface area contributed by atoms with Crippen LogP contribution in [0.2, 0.25) is 39.3 Å². The van der Waals surface area contributed by atoms with Crippen LogP contribution < -0.4 is 0 Å². The molecule has 0 fully saturated rings. The van der Waals surface area contributed by atoms with Gasteiger partial charge in [-0.25, -0.2) is 0 Å². The van der Waals surface area contributed by atoms with Crippen molar-refractivity contribution in [3.63, 3.8) is 0 Å². The van der Waals surface area contributed by atoms with E-state index in [0.29, 0.717) is 0 Å². The minimum atomic E-state index is -1.48. The highest BCUT2D eigenvalue weighted by atomic mass is 28.3. The van der Waals surface area contributed by atoms with Gasteiger partial charge in [-0.2, -0.15) is 0 Å². The van der Waals surface area contributed by atoms with E-state index in [4.69, 9.17) is 0 Å². The highest BCUT2D eigenvalue weighted by Crippen LogP contribution is 2.53. The van der Waals surface area contributed by atoms with Crippen LogP contribution in [0.25, 0.3) is 11.1 Å². The van der Waals surface area contributed by atoms with Crippen LogP contribution in [0.1, 0.15) is 126 Å². The SMILES string of the molecule is CCCCCCCCc1ccc2c(c1)C(CC#C[Si](C)(C)C)(CC#C[Si](C)(C)C)c1cc(CCCCCCCC)ccc1-2. The van der Waals surface area contributed by atoms with E-state index in [2.05, 4.69) is 112 Å². The summed E-state index contributed by atoms with van der Waals surface area (Å²) in [4.78, 5) is 0. The average Bonchev–Trinajstić information content (AvgIpc) is 3.19. The third-order valence-corrected chi connectivity index (χ3v) is 10.7. The highest BCUT2D eigenvalue weighted by molar-refractivity contribution is 6.84. The molecule has 0 spiro atoms. The Morgan fingerprint density at radius 1 is 0.512 bits per heavy atom. The third-order valence-electron chi connectivity index (χ3n) is 8.83. The minimum Gasteiger partial charge on any atom is -0.132 e. The van der Waals surface area contributed by atoms with Crippen LogP contribution in [0.3, 0.4) is 0 Å². The van der Waals surface area contributed by atoms with Gasteiger partial charge < -0.3 is 0 Å². The summed E-state index contributed by atoms with van der Waals surface area (Å²) >= 11 is 0. The first-order valence-corrected chi connectivity index (χ1v) is 24.8. The van der Waals surface area contributed by atoms with Gasteiger partial charge in [-0.05, 0) is 59.1 Å². The van der Waals surface area contributed by atoms with Gasteiger partial charge in [0.1, 0.15) is 16.1 Å². The molecule has 1 aliphatic carbocycles. The first kappa shape index (κ1) is 35.5. The van der Waals surface area contributed by atoms with Crippen molar-refractivity contribution in [1.82, 2.24) is 0 Å². The van der Waals surface area contributed by atoms with Gasteiger partial charge in [0, 0.05) is 18.3 Å². The van der Waals surface area contributed by atoms with E-state index >= 15 is 0 Å². The topological polar surface area (TPSA) is 0 Å². The molecule has 0 bridgehead atoms. The molecule has 2 aromatic carbocycles. The standard InChI is InChI=1S/C41H62Si2/c1-9-11-13-15-17-19-23-35-25-27-37-38-28-26-36(24-20-18-16-14-12-10-2)34-40(38)41(39(37)33-35,29-21-31-42(3,4)5)30-22-32-43(6,7)8/h25-28,33-34H,9-20,23-24,29-30H2,1-8H3. The Bertz CT molecular complexity index is 1180. The summed E-state index contributed by atoms with van der Waals surface area (Å²) in [7, 11) is -2.96. The zero-order chi connectivity index (χ0) is 31.3. The van der Waals surface area contributed by atoms with Crippen molar-refractivity contribution in [2.24, 2.45) is 0 Å². The lowest BCUT2D eigenvalue weighted by atomic mass is 9.72. The van der Waals surface area contributed by atoms with Gasteiger partial charge in [-0.3, -0.25) is 0 Å². The Morgan fingerprint density at radius 3 is 1.26 bits per heavy atom. The van der Waals surface area contributed by atoms with E-state index in [1.807, 2.05) is 0 Å². The van der Waals surface area contributed by atoms with E-state index in [1.54, 1.807) is 0 Å². The molecule has 0 radical (unpaired) electrons. The summed E-state index contributed by atoms with van der Waals surface area (Å²) in [6.07, 6.45) is 20.2. The zero-order valence-corrected chi connectivity index (χ0v) is 31.3. The van der Waals surface area contributed by atoms with Crippen molar-refractivity contribution in [3.8, 4) is 34.1 Å². The van der Waals surface area contributed by atoms with E-state index in [0.717, 1.165) is 12.8 Å². The molecule has 0 atom stereocenters. The Labute approximate surface area is 269 Å². The lowest BCUT2D eigenvalue weighted by Crippen LogP contribution is -2.26. The summed E-state index contributed by atoms with van der Waals surface area (Å²) in [5.41, 5.74) is 16.2. The minimum absolute atomic E-state index is 0.141. The van der Waals surface area contributed by atoms with E-state index in [1.165, 1.54) is 123 Å². The fraction of sp³-hybridized carbons (Fsp3) is 0.610. The number of fused-ring (bicyclic) bond motifs is 3. The molecule has 3 rings (SSSR count). The Morgan fingerprint density at radius 2 is 0.884 bits per heavy atom. The summed E-state index contributed by atoms with van der Waals surface area (Å²) in [5, 5.41) is 0. The van der Waals surface area contributed by atoms with E-state index in [-0.39, 0.29) is 5.41 Å². The molecule has 0 heterocycles. The smallest absolute Gasteiger partial charge is 0.129 e. The van der Waals surface area contributed by atoms with Gasteiger partial charge in [0.05, 0.1) is 0 Å². The molecular formula is C41H62Si2. The summed E-state index contributed by atoms with van der Waals surface area (Å²) in [6.45, 7) is 18.8. The van der Waals surface area contributed by atoms with Crippen LogP contribution in [0.5, 0.6) is 0 Å². The number of hydrogen-bond donors (Lipinski definition) is 0. The maximum atomic E-state index is 3.78. The summed E-state index contributed by atoms with van der Waals surface area (Å²) in [6, 6.07) is 14.8. The van der Waals surface area contributed by atoms with E-state index in [9.17, 15) is 0 Å². The molecule has 0 unspecified atom stereocenters. The number of aryl methyl sites for hydroxylation is 2. The summed E-state index contributed by atoms with van der Waals surface area (Å²) in [5.74, 6) is 7.55. The maximum Gasteiger partial charge on any atom is 0.129 e. The van der Waals surface area contributed by atoms with Gasteiger partial charge in [-0.1, -0.05) is 154 Å². The zero-order valence-electron chi connectivity index (χ0n) is 29.3. The van der Waals surface area contributed by atoms with E-state index < -0.39 is 16.1 Å². The monoisotopic (exact) mass is 610 g/mol. The first-order chi connectivity index (χ1) is 20.5. The second-order valence-electron chi connectivity index (χ2n) is 15.3. The van der Waals surface area contributed by atoms with Crippen molar-refractivity contribution < 1.29 is 0 Å². The highest BCUT2D eigenvalue weighted by Gasteiger charge is 2.42. The number of benzene rings is 2. The molecule has 0 aliphatic heterocycles. The average molecular weight is 611 g/mol. The number of unbranched alkanes of at least 4 members (excludes halogenated alkanes) is 10. The van der Waals surface area contributed by atoms with Gasteiger partial charge in [0.15, 0.2) is 0 Å². The second kappa shape index (κ2) is 16.9. The molecule has 2 heteroatoms. The fourth-order valence-electron chi connectivity index (χ4n) is 6.48. The third kappa shape index (κ3) is 11.1. The normalized spacial score (nSPS) is 13.5. The Balaban J connectivity index is 2.01. The Kier molecular flexibility index (Phi) is 13.9. The van der Waals surface area contributed by atoms with Gasteiger partial charge in [0.25, 0.3) is 0 Å². The molecule has 0 saturated heterocycles. The van der Waals surface area contributed by atoms with Crippen LogP contribution in [-0.2, 0) is 18.3 Å². The van der Waals surface area contributed by atoms with Gasteiger partial charge >= 0.3 is 0 Å². The molecule has 0 aromatic heterocycles. The van der Waals surface area contributed by atoms with Crippen LogP contribution in [0.4, 0.5) is 0 Å². The van der Waals surface area contributed by atoms with Crippen molar-refractivity contribution in [2.45, 2.75) is 161 Å². The molecular weight excluding hydrogens is 549 g/mol.